The van der Waals surface area contributed by atoms with Crippen LogP contribution in [0.1, 0.15) is 36.9 Å². The summed E-state index contributed by atoms with van der Waals surface area (Å²) in [6.07, 6.45) is 3.78. The van der Waals surface area contributed by atoms with Crippen LogP contribution in [-0.2, 0) is 4.74 Å². The molecule has 0 aliphatic carbocycles. The topological polar surface area (TPSA) is 111 Å². The third-order valence-corrected chi connectivity index (χ3v) is 8.00. The average Bonchev–Trinajstić information content (AvgIpc) is 3.60. The molecule has 40 heavy (non-hydrogen) atoms. The van der Waals surface area contributed by atoms with Crippen LogP contribution in [0.5, 0.6) is 0 Å². The summed E-state index contributed by atoms with van der Waals surface area (Å²) in [4.78, 5) is 31.3. The number of benzene rings is 2. The lowest BCUT2D eigenvalue weighted by atomic mass is 10.1. The van der Waals surface area contributed by atoms with Gasteiger partial charge in [-0.1, -0.05) is 30.3 Å². The molecule has 1 aliphatic heterocycles. The molecule has 0 saturated carbocycles. The minimum atomic E-state index is -0.225. The molecule has 2 amide bonds. The van der Waals surface area contributed by atoms with Gasteiger partial charge in [0.1, 0.15) is 0 Å². The summed E-state index contributed by atoms with van der Waals surface area (Å²) in [5.74, 6) is -0.421. The van der Waals surface area contributed by atoms with Crippen LogP contribution in [-0.4, -0.2) is 89.5 Å². The van der Waals surface area contributed by atoms with Crippen molar-refractivity contribution in [3.63, 3.8) is 0 Å². The Balaban J connectivity index is 1.42. The highest BCUT2D eigenvalue weighted by molar-refractivity contribution is 7.12. The Hall–Kier alpha value is -3.83. The summed E-state index contributed by atoms with van der Waals surface area (Å²) in [5.41, 5.74) is 4.32. The number of H-pyrrole nitrogens is 1. The van der Waals surface area contributed by atoms with Crippen molar-refractivity contribution in [1.82, 2.24) is 20.0 Å². The number of morpholine rings is 1. The van der Waals surface area contributed by atoms with Crippen molar-refractivity contribution in [1.29, 1.82) is 0 Å². The van der Waals surface area contributed by atoms with E-state index in [0.717, 1.165) is 40.8 Å². The van der Waals surface area contributed by atoms with Gasteiger partial charge in [-0.3, -0.25) is 19.6 Å². The maximum atomic E-state index is 13.6. The largest absolute Gasteiger partial charge is 0.395 e. The summed E-state index contributed by atoms with van der Waals surface area (Å²) in [5, 5.41) is 23.0. The van der Waals surface area contributed by atoms with E-state index in [-0.39, 0.29) is 25.0 Å². The lowest BCUT2D eigenvalue weighted by Crippen LogP contribution is -2.43. The van der Waals surface area contributed by atoms with E-state index in [0.29, 0.717) is 42.4 Å². The number of anilines is 1. The number of aliphatic hydroxyl groups is 1. The molecule has 5 rings (SSSR count). The Kier molecular flexibility index (Phi) is 9.02. The Morgan fingerprint density at radius 3 is 2.75 bits per heavy atom. The van der Waals surface area contributed by atoms with E-state index >= 15 is 0 Å². The quantitative estimate of drug-likeness (QED) is 0.270. The zero-order valence-electron chi connectivity index (χ0n) is 22.4. The predicted octanol–water partition coefficient (Wildman–Crippen LogP) is 4.12. The zero-order valence-corrected chi connectivity index (χ0v) is 23.2. The molecule has 1 saturated heterocycles. The van der Waals surface area contributed by atoms with Gasteiger partial charge in [-0.05, 0) is 53.8 Å². The number of aromatic nitrogens is 2. The maximum absolute atomic E-state index is 13.6. The van der Waals surface area contributed by atoms with E-state index in [1.807, 2.05) is 60.9 Å². The molecule has 9 nitrogen and oxygen atoms in total. The van der Waals surface area contributed by atoms with Crippen LogP contribution in [0, 0.1) is 6.92 Å². The Labute approximate surface area is 237 Å². The number of aliphatic hydroxyl groups excluding tert-OH is 1. The SMILES string of the molecule is Cc1ccsc1C(=O)Nc1cc(C(=O)N(CCO)CCN2CCOCC2)ccc1C=Cc1n[nH]c2ccccc12. The maximum Gasteiger partial charge on any atom is 0.266 e. The number of nitrogens with zero attached hydrogens (tertiary/aromatic N) is 3. The van der Waals surface area contributed by atoms with Crippen molar-refractivity contribution in [3.8, 4) is 0 Å². The number of hydrogen-bond donors (Lipinski definition) is 3. The van der Waals surface area contributed by atoms with Crippen molar-refractivity contribution < 1.29 is 19.4 Å². The lowest BCUT2D eigenvalue weighted by Gasteiger charge is -2.30. The fourth-order valence-corrected chi connectivity index (χ4v) is 5.53. The number of carbonyl (C=O) groups excluding carboxylic acids is 2. The number of para-hydroxylation sites is 1. The van der Waals surface area contributed by atoms with Crippen molar-refractivity contribution in [2.45, 2.75) is 6.92 Å². The van der Waals surface area contributed by atoms with Gasteiger partial charge in [0, 0.05) is 49.4 Å². The molecule has 208 valence electrons. The number of carbonyl (C=O) groups is 2. The van der Waals surface area contributed by atoms with Crippen LogP contribution < -0.4 is 5.32 Å². The molecule has 2 aromatic carbocycles. The minimum absolute atomic E-state index is 0.130. The smallest absolute Gasteiger partial charge is 0.266 e. The summed E-state index contributed by atoms with van der Waals surface area (Å²) in [7, 11) is 0. The third-order valence-electron chi connectivity index (χ3n) is 6.98. The van der Waals surface area contributed by atoms with Gasteiger partial charge >= 0.3 is 0 Å². The van der Waals surface area contributed by atoms with E-state index in [2.05, 4.69) is 20.4 Å². The molecule has 0 radical (unpaired) electrons. The Morgan fingerprint density at radius 1 is 1.15 bits per heavy atom. The third kappa shape index (κ3) is 6.48. The first-order chi connectivity index (χ1) is 19.5. The number of ether oxygens (including phenoxy) is 1. The van der Waals surface area contributed by atoms with Gasteiger partial charge in [-0.25, -0.2) is 0 Å². The molecular weight excluding hydrogens is 526 g/mol. The molecule has 2 aromatic heterocycles. The van der Waals surface area contributed by atoms with Crippen LogP contribution in [0.4, 0.5) is 5.69 Å². The van der Waals surface area contributed by atoms with E-state index in [4.69, 9.17) is 4.74 Å². The molecule has 3 N–H and O–H groups in total. The molecule has 4 aromatic rings. The summed E-state index contributed by atoms with van der Waals surface area (Å²) in [6.45, 7) is 6.21. The van der Waals surface area contributed by atoms with Crippen LogP contribution in [0.2, 0.25) is 0 Å². The highest BCUT2D eigenvalue weighted by Gasteiger charge is 2.20. The predicted molar refractivity (Wildman–Crippen MR) is 159 cm³/mol. The van der Waals surface area contributed by atoms with Crippen molar-refractivity contribution >= 4 is 51.9 Å². The van der Waals surface area contributed by atoms with E-state index in [1.165, 1.54) is 11.3 Å². The molecule has 1 fully saturated rings. The first-order valence-electron chi connectivity index (χ1n) is 13.3. The Bertz CT molecular complexity index is 1500. The number of aryl methyl sites for hydroxylation is 1. The molecule has 0 spiro atoms. The van der Waals surface area contributed by atoms with Crippen molar-refractivity contribution in [2.75, 3.05) is 57.9 Å². The van der Waals surface area contributed by atoms with Gasteiger partial charge in [0.2, 0.25) is 0 Å². The Morgan fingerprint density at radius 2 is 1.98 bits per heavy atom. The van der Waals surface area contributed by atoms with E-state index < -0.39 is 0 Å². The van der Waals surface area contributed by atoms with Gasteiger partial charge in [0.25, 0.3) is 11.8 Å². The normalized spacial score (nSPS) is 14.2. The minimum Gasteiger partial charge on any atom is -0.395 e. The number of rotatable bonds is 10. The number of hydrogen-bond acceptors (Lipinski definition) is 7. The fraction of sp³-hybridized carbons (Fsp3) is 0.300. The van der Waals surface area contributed by atoms with Crippen LogP contribution in [0.3, 0.4) is 0 Å². The van der Waals surface area contributed by atoms with Gasteiger partial charge in [0.15, 0.2) is 0 Å². The summed E-state index contributed by atoms with van der Waals surface area (Å²) < 4.78 is 5.42. The summed E-state index contributed by atoms with van der Waals surface area (Å²) >= 11 is 1.38. The number of fused-ring (bicyclic) bond motifs is 1. The van der Waals surface area contributed by atoms with Gasteiger partial charge < -0.3 is 20.1 Å². The van der Waals surface area contributed by atoms with Crippen molar-refractivity contribution in [3.05, 3.63) is 81.2 Å². The fourth-order valence-electron chi connectivity index (χ4n) is 4.71. The number of nitrogens with one attached hydrogen (secondary N) is 2. The molecule has 10 heteroatoms. The molecule has 0 unspecified atom stereocenters. The average molecular weight is 560 g/mol. The zero-order chi connectivity index (χ0) is 27.9. The molecule has 1 aliphatic rings. The van der Waals surface area contributed by atoms with Crippen LogP contribution in [0.25, 0.3) is 23.1 Å². The van der Waals surface area contributed by atoms with Gasteiger partial charge in [-0.15, -0.1) is 11.3 Å². The molecule has 0 bridgehead atoms. The van der Waals surface area contributed by atoms with Gasteiger partial charge in [-0.2, -0.15) is 5.10 Å². The number of thiophene rings is 1. The molecule has 0 atom stereocenters. The standard InChI is InChI=1S/C30H33N5O4S/c1-21-10-19-40-28(21)29(37)31-27-20-23(30(38)35(13-16-36)12-11-34-14-17-39-18-15-34)7-6-22(27)8-9-26-24-4-2-3-5-25(24)32-33-26/h2-10,19-20,36H,11-18H2,1H3,(H,31,37)(H,32,33). The van der Waals surface area contributed by atoms with Crippen molar-refractivity contribution in [2.24, 2.45) is 0 Å². The lowest BCUT2D eigenvalue weighted by molar-refractivity contribution is 0.0315. The van der Waals surface area contributed by atoms with E-state index in [1.54, 1.807) is 17.0 Å². The first kappa shape index (κ1) is 27.7. The van der Waals surface area contributed by atoms with Crippen LogP contribution in [0.15, 0.2) is 53.9 Å². The molecule has 3 heterocycles. The second kappa shape index (κ2) is 13.0. The highest BCUT2D eigenvalue weighted by atomic mass is 32.1. The van der Waals surface area contributed by atoms with E-state index in [9.17, 15) is 14.7 Å². The molecular formula is C30H33N5O4S. The number of aromatic amines is 1. The second-order valence-electron chi connectivity index (χ2n) is 9.65. The van der Waals surface area contributed by atoms with Gasteiger partial charge in [0.05, 0.1) is 35.9 Å². The number of amides is 2. The first-order valence-corrected chi connectivity index (χ1v) is 14.2. The monoisotopic (exact) mass is 559 g/mol. The van der Waals surface area contributed by atoms with Crippen LogP contribution >= 0.6 is 11.3 Å². The summed E-state index contributed by atoms with van der Waals surface area (Å²) in [6, 6.07) is 15.1. The second-order valence-corrected chi connectivity index (χ2v) is 10.6. The highest BCUT2D eigenvalue weighted by Crippen LogP contribution is 2.25.